The Labute approximate surface area is 122 Å². The molecule has 1 aromatic carbocycles. The van der Waals surface area contributed by atoms with E-state index in [9.17, 15) is 0 Å². The number of hydrogen-bond acceptors (Lipinski definition) is 4. The van der Waals surface area contributed by atoms with Crippen LogP contribution in [0.15, 0.2) is 30.5 Å². The first-order valence-electron chi connectivity index (χ1n) is 5.91. The topological polar surface area (TPSA) is 60.3 Å². The molecule has 0 aliphatic heterocycles. The van der Waals surface area contributed by atoms with E-state index in [2.05, 4.69) is 15.7 Å². The van der Waals surface area contributed by atoms with E-state index in [1.54, 1.807) is 25.0 Å². The molecule has 0 fully saturated rings. The molecule has 106 valence electrons. The lowest BCUT2D eigenvalue weighted by molar-refractivity contribution is 0.395. The summed E-state index contributed by atoms with van der Waals surface area (Å²) in [5, 5.41) is 10.7. The molecule has 1 heterocycles. The number of thiocarbonyl (C=S) groups is 1. The summed E-state index contributed by atoms with van der Waals surface area (Å²) < 4.78 is 12.1. The van der Waals surface area contributed by atoms with E-state index in [0.717, 1.165) is 5.69 Å². The van der Waals surface area contributed by atoms with Gasteiger partial charge in [0.1, 0.15) is 11.5 Å². The zero-order valence-corrected chi connectivity index (χ0v) is 12.3. The van der Waals surface area contributed by atoms with Gasteiger partial charge in [0.15, 0.2) is 10.9 Å². The molecule has 0 saturated carbocycles. The molecule has 0 atom stereocenters. The van der Waals surface area contributed by atoms with Crippen molar-refractivity contribution in [2.45, 2.75) is 0 Å². The number of benzene rings is 1. The minimum absolute atomic E-state index is 0.444. The highest BCUT2D eigenvalue weighted by Crippen LogP contribution is 2.25. The first-order chi connectivity index (χ1) is 9.60. The normalized spacial score (nSPS) is 9.95. The molecule has 0 aliphatic rings. The molecular weight excluding hydrogens is 276 g/mol. The van der Waals surface area contributed by atoms with E-state index in [0.29, 0.717) is 22.4 Å². The van der Waals surface area contributed by atoms with Crippen molar-refractivity contribution in [3.05, 3.63) is 30.5 Å². The number of anilines is 2. The van der Waals surface area contributed by atoms with Gasteiger partial charge in [0.05, 0.1) is 14.2 Å². The van der Waals surface area contributed by atoms with Crippen LogP contribution in [-0.2, 0) is 7.05 Å². The smallest absolute Gasteiger partial charge is 0.176 e. The summed E-state index contributed by atoms with van der Waals surface area (Å²) in [6, 6.07) is 7.28. The van der Waals surface area contributed by atoms with Crippen molar-refractivity contribution in [2.75, 3.05) is 24.9 Å². The van der Waals surface area contributed by atoms with Gasteiger partial charge in [-0.05, 0) is 12.2 Å². The second kappa shape index (κ2) is 6.25. The molecule has 7 heteroatoms. The lowest BCUT2D eigenvalue weighted by Crippen LogP contribution is -2.19. The highest BCUT2D eigenvalue weighted by atomic mass is 32.1. The lowest BCUT2D eigenvalue weighted by atomic mass is 10.3. The predicted molar refractivity (Wildman–Crippen MR) is 82.6 cm³/mol. The second-order valence-corrected chi connectivity index (χ2v) is 4.46. The highest BCUT2D eigenvalue weighted by Gasteiger charge is 2.05. The van der Waals surface area contributed by atoms with Crippen LogP contribution in [-0.4, -0.2) is 29.1 Å². The molecule has 6 nitrogen and oxygen atoms in total. The number of aryl methyl sites for hydroxylation is 1. The number of nitrogens with one attached hydrogen (secondary N) is 2. The largest absolute Gasteiger partial charge is 0.497 e. The number of rotatable bonds is 4. The van der Waals surface area contributed by atoms with Crippen LogP contribution >= 0.6 is 12.2 Å². The summed E-state index contributed by atoms with van der Waals surface area (Å²) in [5.41, 5.74) is 0.773. The van der Waals surface area contributed by atoms with E-state index < -0.39 is 0 Å². The average molecular weight is 292 g/mol. The van der Waals surface area contributed by atoms with Crippen LogP contribution in [0.1, 0.15) is 0 Å². The van der Waals surface area contributed by atoms with Crippen molar-refractivity contribution >= 4 is 28.8 Å². The van der Waals surface area contributed by atoms with Gasteiger partial charge in [-0.2, -0.15) is 5.10 Å². The number of hydrogen-bond donors (Lipinski definition) is 2. The third kappa shape index (κ3) is 3.61. The highest BCUT2D eigenvalue weighted by molar-refractivity contribution is 7.80. The summed E-state index contributed by atoms with van der Waals surface area (Å²) in [6.45, 7) is 0. The summed E-state index contributed by atoms with van der Waals surface area (Å²) in [6.07, 6.45) is 1.83. The molecule has 1 aromatic heterocycles. The van der Waals surface area contributed by atoms with Gasteiger partial charge in [0.25, 0.3) is 0 Å². The molecular formula is C13H16N4O2S. The lowest BCUT2D eigenvalue weighted by Gasteiger charge is -2.11. The molecule has 0 amide bonds. The summed E-state index contributed by atoms with van der Waals surface area (Å²) >= 11 is 5.23. The van der Waals surface area contributed by atoms with Gasteiger partial charge in [0, 0.05) is 43.2 Å². The Balaban J connectivity index is 2.07. The number of methoxy groups -OCH3 is 2. The summed E-state index contributed by atoms with van der Waals surface area (Å²) in [5.74, 6) is 2.06. The maximum Gasteiger partial charge on any atom is 0.176 e. The van der Waals surface area contributed by atoms with Crippen LogP contribution in [0.5, 0.6) is 11.5 Å². The quantitative estimate of drug-likeness (QED) is 0.843. The molecule has 0 saturated heterocycles. The Kier molecular flexibility index (Phi) is 4.41. The van der Waals surface area contributed by atoms with Crippen LogP contribution in [0, 0.1) is 0 Å². The molecule has 2 N–H and O–H groups in total. The van der Waals surface area contributed by atoms with Crippen LogP contribution in [0.2, 0.25) is 0 Å². The van der Waals surface area contributed by atoms with Crippen molar-refractivity contribution in [2.24, 2.45) is 7.05 Å². The second-order valence-electron chi connectivity index (χ2n) is 4.06. The van der Waals surface area contributed by atoms with Gasteiger partial charge in [0.2, 0.25) is 0 Å². The van der Waals surface area contributed by atoms with Gasteiger partial charge in [-0.1, -0.05) is 0 Å². The van der Waals surface area contributed by atoms with E-state index >= 15 is 0 Å². The van der Waals surface area contributed by atoms with E-state index in [-0.39, 0.29) is 0 Å². The minimum atomic E-state index is 0.444. The van der Waals surface area contributed by atoms with Crippen LogP contribution in [0.3, 0.4) is 0 Å². The maximum atomic E-state index is 5.23. The van der Waals surface area contributed by atoms with E-state index in [1.807, 2.05) is 31.4 Å². The SMILES string of the molecule is COc1cc(NC(=S)Nc2ccn(C)n2)cc(OC)c1. The van der Waals surface area contributed by atoms with Crippen molar-refractivity contribution in [1.29, 1.82) is 0 Å². The third-order valence-corrected chi connectivity index (χ3v) is 2.77. The maximum absolute atomic E-state index is 5.23. The zero-order valence-electron chi connectivity index (χ0n) is 11.5. The van der Waals surface area contributed by atoms with E-state index in [4.69, 9.17) is 21.7 Å². The van der Waals surface area contributed by atoms with Crippen molar-refractivity contribution in [3.8, 4) is 11.5 Å². The fraction of sp³-hybridized carbons (Fsp3) is 0.231. The summed E-state index contributed by atoms with van der Waals surface area (Å²) in [4.78, 5) is 0. The fourth-order valence-electron chi connectivity index (χ4n) is 1.64. The number of nitrogens with zero attached hydrogens (tertiary/aromatic N) is 2. The first kappa shape index (κ1) is 14.1. The van der Waals surface area contributed by atoms with Crippen molar-refractivity contribution < 1.29 is 9.47 Å². The van der Waals surface area contributed by atoms with Crippen LogP contribution < -0.4 is 20.1 Å². The average Bonchev–Trinajstić information content (AvgIpc) is 2.83. The third-order valence-electron chi connectivity index (χ3n) is 2.56. The van der Waals surface area contributed by atoms with Crippen LogP contribution in [0.25, 0.3) is 0 Å². The minimum Gasteiger partial charge on any atom is -0.497 e. The Morgan fingerprint density at radius 3 is 2.30 bits per heavy atom. The first-order valence-corrected chi connectivity index (χ1v) is 6.32. The monoisotopic (exact) mass is 292 g/mol. The van der Waals surface area contributed by atoms with Crippen molar-refractivity contribution in [1.82, 2.24) is 9.78 Å². The van der Waals surface area contributed by atoms with E-state index in [1.165, 1.54) is 0 Å². The fourth-order valence-corrected chi connectivity index (χ4v) is 1.86. The van der Waals surface area contributed by atoms with Gasteiger partial charge >= 0.3 is 0 Å². The summed E-state index contributed by atoms with van der Waals surface area (Å²) in [7, 11) is 5.04. The van der Waals surface area contributed by atoms with Gasteiger partial charge in [-0.3, -0.25) is 4.68 Å². The molecule has 0 radical (unpaired) electrons. The van der Waals surface area contributed by atoms with Gasteiger partial charge < -0.3 is 20.1 Å². The standard InChI is InChI=1S/C13H16N4O2S/c1-17-5-4-12(16-17)15-13(20)14-9-6-10(18-2)8-11(7-9)19-3/h4-8H,1-3H3,(H2,14,15,16,20). The van der Waals surface area contributed by atoms with Gasteiger partial charge in [-0.25, -0.2) is 0 Å². The Morgan fingerprint density at radius 1 is 1.15 bits per heavy atom. The van der Waals surface area contributed by atoms with Crippen LogP contribution in [0.4, 0.5) is 11.5 Å². The Morgan fingerprint density at radius 2 is 1.80 bits per heavy atom. The molecule has 0 aliphatic carbocycles. The molecule has 0 unspecified atom stereocenters. The Bertz CT molecular complexity index is 590. The molecule has 0 spiro atoms. The predicted octanol–water partition coefficient (Wildman–Crippen LogP) is 2.25. The number of ether oxygens (including phenoxy) is 2. The molecule has 2 rings (SSSR count). The number of aromatic nitrogens is 2. The molecule has 0 bridgehead atoms. The van der Waals surface area contributed by atoms with Crippen molar-refractivity contribution in [3.63, 3.8) is 0 Å². The molecule has 2 aromatic rings. The zero-order chi connectivity index (χ0) is 14.5. The Hall–Kier alpha value is -2.28. The molecule has 20 heavy (non-hydrogen) atoms. The van der Waals surface area contributed by atoms with Gasteiger partial charge in [-0.15, -0.1) is 0 Å².